The quantitative estimate of drug-likeness (QED) is 0.424. The summed E-state index contributed by atoms with van der Waals surface area (Å²) in [5.74, 6) is 4.93. The summed E-state index contributed by atoms with van der Waals surface area (Å²) in [7, 11) is 3.11. The lowest BCUT2D eigenvalue weighted by atomic mass is 9.48. The minimum atomic E-state index is -0.718. The molecule has 0 spiro atoms. The van der Waals surface area contributed by atoms with Gasteiger partial charge in [-0.25, -0.2) is 4.79 Å². The molecule has 2 aromatic carbocycles. The molecular formula is C28H32O5. The second-order valence-electron chi connectivity index (χ2n) is 10.9. The van der Waals surface area contributed by atoms with E-state index < -0.39 is 6.16 Å². The number of methoxy groups -OCH3 is 2. The van der Waals surface area contributed by atoms with E-state index >= 15 is 0 Å². The predicted octanol–water partition coefficient (Wildman–Crippen LogP) is 6.01. The van der Waals surface area contributed by atoms with Gasteiger partial charge in [-0.3, -0.25) is 0 Å². The molecule has 1 atom stereocenters. The highest BCUT2D eigenvalue weighted by Crippen LogP contribution is 2.62. The van der Waals surface area contributed by atoms with Gasteiger partial charge in [-0.2, -0.15) is 0 Å². The Morgan fingerprint density at radius 2 is 1.64 bits per heavy atom. The topological polar surface area (TPSA) is 54.0 Å². The van der Waals surface area contributed by atoms with Gasteiger partial charge in [0, 0.05) is 11.1 Å². The summed E-state index contributed by atoms with van der Waals surface area (Å²) in [6.07, 6.45) is 7.42. The Morgan fingerprint density at radius 1 is 0.939 bits per heavy atom. The fraction of sp³-hybridized carbons (Fsp3) is 0.536. The maximum absolute atomic E-state index is 11.6. The minimum absolute atomic E-state index is 0.241. The van der Waals surface area contributed by atoms with Gasteiger partial charge < -0.3 is 18.9 Å². The van der Waals surface area contributed by atoms with Crippen LogP contribution in [0.15, 0.2) is 36.4 Å². The average Bonchev–Trinajstić information content (AvgIpc) is 3.15. The van der Waals surface area contributed by atoms with Gasteiger partial charge in [0.05, 0.1) is 19.6 Å². The highest BCUT2D eigenvalue weighted by Gasteiger charge is 2.53. The average molecular weight is 449 g/mol. The predicted molar refractivity (Wildman–Crippen MR) is 124 cm³/mol. The molecule has 4 aliphatic carbocycles. The van der Waals surface area contributed by atoms with E-state index in [2.05, 4.69) is 29.9 Å². The molecule has 1 aliphatic heterocycles. The third-order valence-electron chi connectivity index (χ3n) is 8.88. The Hall–Kier alpha value is -2.69. The number of carbonyl (C=O) groups excluding carboxylic acids is 1. The van der Waals surface area contributed by atoms with Crippen molar-refractivity contribution in [3.63, 3.8) is 0 Å². The second kappa shape index (κ2) is 7.41. The lowest BCUT2D eigenvalue weighted by molar-refractivity contribution is -0.00622. The van der Waals surface area contributed by atoms with E-state index in [1.807, 2.05) is 12.1 Å². The highest BCUT2D eigenvalue weighted by molar-refractivity contribution is 5.65. The summed E-state index contributed by atoms with van der Waals surface area (Å²) >= 11 is 0. The van der Waals surface area contributed by atoms with Crippen LogP contribution in [-0.4, -0.2) is 27.0 Å². The number of rotatable bonds is 4. The highest BCUT2D eigenvalue weighted by atomic mass is 16.7. The Morgan fingerprint density at radius 3 is 2.27 bits per heavy atom. The smallest absolute Gasteiger partial charge is 0.496 e. The van der Waals surface area contributed by atoms with Gasteiger partial charge in [-0.15, -0.1) is 0 Å². The molecule has 0 radical (unpaired) electrons. The van der Waals surface area contributed by atoms with E-state index in [1.165, 1.54) is 56.8 Å². The summed E-state index contributed by atoms with van der Waals surface area (Å²) in [6, 6.07) is 12.3. The normalized spacial score (nSPS) is 33.4. The van der Waals surface area contributed by atoms with Gasteiger partial charge in [0.25, 0.3) is 0 Å². The number of carbonyl (C=O) groups is 1. The van der Waals surface area contributed by atoms with Crippen LogP contribution in [0.5, 0.6) is 17.2 Å². The summed E-state index contributed by atoms with van der Waals surface area (Å²) in [6.45, 7) is 2.77. The third-order valence-corrected chi connectivity index (χ3v) is 8.88. The maximum atomic E-state index is 11.6. The van der Waals surface area contributed by atoms with Crippen LogP contribution < -0.4 is 14.2 Å². The first-order chi connectivity index (χ1) is 15.9. The zero-order chi connectivity index (χ0) is 22.8. The number of hydrogen-bond acceptors (Lipinski definition) is 5. The van der Waals surface area contributed by atoms with Crippen molar-refractivity contribution >= 4 is 6.16 Å². The fourth-order valence-electron chi connectivity index (χ4n) is 7.71. The molecule has 1 heterocycles. The van der Waals surface area contributed by atoms with Crippen molar-refractivity contribution in [1.82, 2.24) is 0 Å². The van der Waals surface area contributed by atoms with Crippen LogP contribution in [0.25, 0.3) is 0 Å². The van der Waals surface area contributed by atoms with Gasteiger partial charge in [0.2, 0.25) is 0 Å². The number of fused-ring (bicyclic) bond motifs is 1. The van der Waals surface area contributed by atoms with Crippen LogP contribution in [0, 0.1) is 17.8 Å². The monoisotopic (exact) mass is 448 g/mol. The molecule has 0 N–H and O–H groups in total. The zero-order valence-corrected chi connectivity index (χ0v) is 19.7. The molecule has 0 saturated heterocycles. The number of ether oxygens (including phenoxy) is 4. The van der Waals surface area contributed by atoms with E-state index in [0.29, 0.717) is 12.4 Å². The molecule has 2 aromatic rings. The van der Waals surface area contributed by atoms with Crippen molar-refractivity contribution in [1.29, 1.82) is 0 Å². The van der Waals surface area contributed by atoms with Gasteiger partial charge in [-0.05, 0) is 98.4 Å². The van der Waals surface area contributed by atoms with Crippen LogP contribution in [0.4, 0.5) is 4.79 Å². The minimum Gasteiger partial charge on any atom is -0.496 e. The van der Waals surface area contributed by atoms with Crippen LogP contribution in [0.3, 0.4) is 0 Å². The molecule has 5 nitrogen and oxygen atoms in total. The van der Waals surface area contributed by atoms with E-state index in [4.69, 9.17) is 14.2 Å². The van der Waals surface area contributed by atoms with Gasteiger partial charge in [0.1, 0.15) is 23.9 Å². The Kier molecular flexibility index (Phi) is 4.69. The summed E-state index contributed by atoms with van der Waals surface area (Å²) < 4.78 is 22.0. The first-order valence-electron chi connectivity index (χ1n) is 12.1. The van der Waals surface area contributed by atoms with Crippen LogP contribution in [-0.2, 0) is 15.6 Å². The van der Waals surface area contributed by atoms with Crippen molar-refractivity contribution in [2.24, 2.45) is 17.8 Å². The fourth-order valence-corrected chi connectivity index (χ4v) is 7.71. The van der Waals surface area contributed by atoms with Gasteiger partial charge >= 0.3 is 6.16 Å². The van der Waals surface area contributed by atoms with Crippen LogP contribution >= 0.6 is 0 Å². The molecule has 4 fully saturated rings. The molecule has 5 aliphatic rings. The molecule has 33 heavy (non-hydrogen) atoms. The van der Waals surface area contributed by atoms with E-state index in [0.717, 1.165) is 34.8 Å². The molecular weight excluding hydrogens is 416 g/mol. The van der Waals surface area contributed by atoms with E-state index in [9.17, 15) is 4.79 Å². The second-order valence-corrected chi connectivity index (χ2v) is 10.9. The van der Waals surface area contributed by atoms with Crippen molar-refractivity contribution < 1.29 is 23.7 Å². The van der Waals surface area contributed by atoms with Crippen molar-refractivity contribution in [2.75, 3.05) is 20.8 Å². The molecule has 4 bridgehead atoms. The van der Waals surface area contributed by atoms with Crippen molar-refractivity contribution in [2.45, 2.75) is 56.3 Å². The lowest BCUT2D eigenvalue weighted by Crippen LogP contribution is -2.48. The van der Waals surface area contributed by atoms with Gasteiger partial charge in [0.15, 0.2) is 0 Å². The van der Waals surface area contributed by atoms with Crippen molar-refractivity contribution in [3.8, 4) is 17.2 Å². The first kappa shape index (κ1) is 20.9. The summed E-state index contributed by atoms with van der Waals surface area (Å²) in [5, 5.41) is 0. The molecule has 5 heteroatoms. The van der Waals surface area contributed by atoms with E-state index in [1.54, 1.807) is 13.2 Å². The molecule has 4 saturated carbocycles. The lowest BCUT2D eigenvalue weighted by Gasteiger charge is -2.57. The summed E-state index contributed by atoms with van der Waals surface area (Å²) in [5.41, 5.74) is 3.55. The molecule has 1 unspecified atom stereocenters. The Labute approximate surface area is 195 Å². The first-order valence-corrected chi connectivity index (χ1v) is 12.1. The maximum Gasteiger partial charge on any atom is 0.513 e. The number of hydrogen-bond donors (Lipinski definition) is 0. The number of benzene rings is 2. The van der Waals surface area contributed by atoms with Crippen molar-refractivity contribution in [3.05, 3.63) is 53.1 Å². The molecule has 0 aromatic heterocycles. The van der Waals surface area contributed by atoms with Crippen LogP contribution in [0.1, 0.15) is 62.1 Å². The molecule has 0 amide bonds. The summed E-state index contributed by atoms with van der Waals surface area (Å²) in [4.78, 5) is 11.6. The zero-order valence-electron chi connectivity index (χ0n) is 19.7. The SMILES string of the molecule is COC(=O)Oc1ccc2c(c1)C(C)(c1ccc(OC)c(C34CC5CC(CC(C5)C3)C4)c1)CO2. The third kappa shape index (κ3) is 3.23. The Bertz CT molecular complexity index is 1070. The molecule has 174 valence electrons. The Balaban J connectivity index is 1.41. The molecule has 7 rings (SSSR count). The largest absolute Gasteiger partial charge is 0.513 e. The van der Waals surface area contributed by atoms with E-state index in [-0.39, 0.29) is 10.8 Å². The standard InChI is InChI=1S/C28H32O5/c1-27(16-32-25-7-5-21(12-22(25)27)33-26(29)31-3)20-4-6-24(30-2)23(11-20)28-13-17-8-18(14-28)10-19(9-17)15-28/h4-7,11-12,17-19H,8-10,13-16H2,1-3H3. The van der Waals surface area contributed by atoms with Crippen LogP contribution in [0.2, 0.25) is 0 Å². The van der Waals surface area contributed by atoms with Gasteiger partial charge in [-0.1, -0.05) is 12.1 Å².